The number of rotatable bonds is 5. The molecule has 0 saturated heterocycles. The largest absolute Gasteiger partial charge is 0.481 e. The maximum Gasteiger partial charge on any atom is 0.329 e. The number of carboxylic acids is 1. The zero-order valence-electron chi connectivity index (χ0n) is 13.0. The van der Waals surface area contributed by atoms with Crippen LogP contribution in [0, 0.1) is 21.4 Å². The summed E-state index contributed by atoms with van der Waals surface area (Å²) in [7, 11) is 0. The molecule has 1 aromatic heterocycles. The SMILES string of the molecule is CCC1C[C@@H](Nc2nc(Cl)ncc2[N+](=O)[O-])CC[C@]1(C)C(=O)O. The molecule has 23 heavy (non-hydrogen) atoms. The number of hydrogen-bond donors (Lipinski definition) is 2. The standard InChI is InChI=1S/C14H19ClN4O4/c1-3-8-6-9(4-5-14(8,2)12(20)21)17-11-10(19(22)23)7-16-13(15)18-11/h7-9H,3-6H2,1-2H3,(H,20,21)(H,16,17,18)/t8?,9-,14-/m0/s1. The minimum absolute atomic E-state index is 0.0115. The van der Waals surface area contributed by atoms with E-state index in [0.29, 0.717) is 19.3 Å². The highest BCUT2D eigenvalue weighted by molar-refractivity contribution is 6.28. The summed E-state index contributed by atoms with van der Waals surface area (Å²) >= 11 is 5.72. The molecule has 0 aliphatic heterocycles. The van der Waals surface area contributed by atoms with Gasteiger partial charge in [-0.3, -0.25) is 14.9 Å². The molecule has 3 atom stereocenters. The van der Waals surface area contributed by atoms with Crippen LogP contribution < -0.4 is 5.32 Å². The minimum atomic E-state index is -0.793. The van der Waals surface area contributed by atoms with Crippen LogP contribution in [0.5, 0.6) is 0 Å². The normalized spacial score (nSPS) is 27.4. The van der Waals surface area contributed by atoms with E-state index >= 15 is 0 Å². The number of anilines is 1. The van der Waals surface area contributed by atoms with Crippen molar-refractivity contribution in [3.05, 3.63) is 21.6 Å². The van der Waals surface area contributed by atoms with Crippen LogP contribution in [0.2, 0.25) is 5.28 Å². The van der Waals surface area contributed by atoms with Crippen LogP contribution in [0.15, 0.2) is 6.20 Å². The zero-order valence-corrected chi connectivity index (χ0v) is 13.7. The Kier molecular flexibility index (Phi) is 5.03. The molecule has 126 valence electrons. The Labute approximate surface area is 138 Å². The van der Waals surface area contributed by atoms with E-state index in [4.69, 9.17) is 11.6 Å². The first-order chi connectivity index (χ1) is 10.8. The highest BCUT2D eigenvalue weighted by Crippen LogP contribution is 2.44. The zero-order chi connectivity index (χ0) is 17.2. The third-order valence-electron chi connectivity index (χ3n) is 4.74. The number of carbonyl (C=O) groups is 1. The first kappa shape index (κ1) is 17.4. The van der Waals surface area contributed by atoms with Gasteiger partial charge in [-0.05, 0) is 43.7 Å². The predicted molar refractivity (Wildman–Crippen MR) is 84.5 cm³/mol. The second kappa shape index (κ2) is 6.66. The van der Waals surface area contributed by atoms with E-state index in [1.165, 1.54) is 0 Å². The smallest absolute Gasteiger partial charge is 0.329 e. The summed E-state index contributed by atoms with van der Waals surface area (Å²) in [6.07, 6.45) is 3.51. The quantitative estimate of drug-likeness (QED) is 0.479. The van der Waals surface area contributed by atoms with Gasteiger partial charge in [0.25, 0.3) is 0 Å². The van der Waals surface area contributed by atoms with Crippen LogP contribution in [0.4, 0.5) is 11.5 Å². The molecule has 0 bridgehead atoms. The Morgan fingerprint density at radius 3 is 2.91 bits per heavy atom. The lowest BCUT2D eigenvalue weighted by Crippen LogP contribution is -2.44. The van der Waals surface area contributed by atoms with Crippen molar-refractivity contribution >= 4 is 29.1 Å². The molecular weight excluding hydrogens is 324 g/mol. The fourth-order valence-electron chi connectivity index (χ4n) is 3.22. The van der Waals surface area contributed by atoms with E-state index in [-0.39, 0.29) is 28.7 Å². The van der Waals surface area contributed by atoms with Gasteiger partial charge in [-0.1, -0.05) is 13.3 Å². The number of nitrogens with zero attached hydrogens (tertiary/aromatic N) is 3. The van der Waals surface area contributed by atoms with Gasteiger partial charge in [0.15, 0.2) is 0 Å². The molecule has 1 aliphatic rings. The maximum absolute atomic E-state index is 11.6. The summed E-state index contributed by atoms with van der Waals surface area (Å²) in [6, 6.07) is -0.0861. The van der Waals surface area contributed by atoms with E-state index < -0.39 is 16.3 Å². The van der Waals surface area contributed by atoms with E-state index in [9.17, 15) is 20.0 Å². The van der Waals surface area contributed by atoms with Gasteiger partial charge in [-0.2, -0.15) is 4.98 Å². The van der Waals surface area contributed by atoms with Gasteiger partial charge < -0.3 is 10.4 Å². The van der Waals surface area contributed by atoms with Crippen LogP contribution in [-0.4, -0.2) is 32.0 Å². The Morgan fingerprint density at radius 2 is 2.35 bits per heavy atom. The number of nitrogens with one attached hydrogen (secondary N) is 1. The second-order valence-corrected chi connectivity index (χ2v) is 6.41. The summed E-state index contributed by atoms with van der Waals surface area (Å²) in [5.41, 5.74) is -1.00. The molecule has 1 saturated carbocycles. The molecule has 9 heteroatoms. The van der Waals surface area contributed by atoms with Crippen molar-refractivity contribution in [2.24, 2.45) is 11.3 Å². The van der Waals surface area contributed by atoms with Gasteiger partial charge in [0.1, 0.15) is 6.20 Å². The first-order valence-corrected chi connectivity index (χ1v) is 7.82. The van der Waals surface area contributed by atoms with Gasteiger partial charge in [0, 0.05) is 6.04 Å². The Morgan fingerprint density at radius 1 is 1.65 bits per heavy atom. The van der Waals surface area contributed by atoms with Crippen molar-refractivity contribution in [3.63, 3.8) is 0 Å². The molecule has 1 aromatic rings. The number of carboxylic acid groups (broad SMARTS) is 1. The molecule has 2 N–H and O–H groups in total. The summed E-state index contributed by atoms with van der Waals surface area (Å²) in [4.78, 5) is 29.6. The van der Waals surface area contributed by atoms with Crippen molar-refractivity contribution in [1.29, 1.82) is 0 Å². The third-order valence-corrected chi connectivity index (χ3v) is 4.92. The first-order valence-electron chi connectivity index (χ1n) is 7.44. The number of hydrogen-bond acceptors (Lipinski definition) is 6. The average Bonchev–Trinajstić information content (AvgIpc) is 2.48. The van der Waals surface area contributed by atoms with Crippen molar-refractivity contribution < 1.29 is 14.8 Å². The fraction of sp³-hybridized carbons (Fsp3) is 0.643. The van der Waals surface area contributed by atoms with E-state index in [2.05, 4.69) is 15.3 Å². The summed E-state index contributed by atoms with van der Waals surface area (Å²) in [5, 5.41) is 23.5. The van der Waals surface area contributed by atoms with Crippen molar-refractivity contribution in [3.8, 4) is 0 Å². The monoisotopic (exact) mass is 342 g/mol. The van der Waals surface area contributed by atoms with Gasteiger partial charge in [-0.25, -0.2) is 4.98 Å². The summed E-state index contributed by atoms with van der Waals surface area (Å²) in [5.74, 6) is -0.727. The molecule has 0 amide bonds. The number of aromatic nitrogens is 2. The third kappa shape index (κ3) is 3.52. The van der Waals surface area contributed by atoms with Crippen LogP contribution in [0.25, 0.3) is 0 Å². The Hall–Kier alpha value is -1.96. The lowest BCUT2D eigenvalue weighted by molar-refractivity contribution is -0.384. The summed E-state index contributed by atoms with van der Waals surface area (Å²) < 4.78 is 0. The molecule has 8 nitrogen and oxygen atoms in total. The predicted octanol–water partition coefficient (Wildman–Crippen LogP) is 3.12. The molecule has 2 rings (SSSR count). The lowest BCUT2D eigenvalue weighted by atomic mass is 9.65. The average molecular weight is 343 g/mol. The fourth-order valence-corrected chi connectivity index (χ4v) is 3.35. The number of aliphatic carboxylic acids is 1. The Bertz CT molecular complexity index is 627. The molecule has 1 aliphatic carbocycles. The van der Waals surface area contributed by atoms with Crippen molar-refractivity contribution in [2.45, 2.75) is 45.6 Å². The van der Waals surface area contributed by atoms with Crippen LogP contribution in [0.3, 0.4) is 0 Å². The van der Waals surface area contributed by atoms with Gasteiger partial charge in [0.05, 0.1) is 10.3 Å². The molecule has 0 spiro atoms. The molecule has 1 heterocycles. The van der Waals surface area contributed by atoms with Crippen LogP contribution in [0.1, 0.15) is 39.5 Å². The van der Waals surface area contributed by atoms with Crippen LogP contribution >= 0.6 is 11.6 Å². The number of halogens is 1. The van der Waals surface area contributed by atoms with E-state index in [0.717, 1.165) is 12.6 Å². The molecule has 1 fully saturated rings. The minimum Gasteiger partial charge on any atom is -0.481 e. The van der Waals surface area contributed by atoms with E-state index in [1.807, 2.05) is 6.92 Å². The number of nitro groups is 1. The summed E-state index contributed by atoms with van der Waals surface area (Å²) in [6.45, 7) is 3.72. The second-order valence-electron chi connectivity index (χ2n) is 6.07. The topological polar surface area (TPSA) is 118 Å². The van der Waals surface area contributed by atoms with Gasteiger partial charge in [0.2, 0.25) is 11.1 Å². The van der Waals surface area contributed by atoms with Gasteiger partial charge in [-0.15, -0.1) is 0 Å². The van der Waals surface area contributed by atoms with E-state index in [1.54, 1.807) is 6.92 Å². The molecular formula is C14H19ClN4O4. The lowest BCUT2D eigenvalue weighted by Gasteiger charge is -2.41. The van der Waals surface area contributed by atoms with Crippen molar-refractivity contribution in [1.82, 2.24) is 9.97 Å². The molecule has 1 unspecified atom stereocenters. The highest BCUT2D eigenvalue weighted by atomic mass is 35.5. The molecule has 0 radical (unpaired) electrons. The Balaban J connectivity index is 2.19. The van der Waals surface area contributed by atoms with Gasteiger partial charge >= 0.3 is 11.7 Å². The highest BCUT2D eigenvalue weighted by Gasteiger charge is 2.45. The van der Waals surface area contributed by atoms with Crippen LogP contribution in [-0.2, 0) is 4.79 Å². The maximum atomic E-state index is 11.6. The molecule has 0 aromatic carbocycles. The van der Waals surface area contributed by atoms with Crippen molar-refractivity contribution in [2.75, 3.05) is 5.32 Å².